The number of hydrogen-bond acceptors (Lipinski definition) is 4. The molecule has 2 aromatic carbocycles. The van der Waals surface area contributed by atoms with Crippen LogP contribution in [0.5, 0.6) is 0 Å². The Morgan fingerprint density at radius 3 is 1.71 bits per heavy atom. The summed E-state index contributed by atoms with van der Waals surface area (Å²) in [7, 11) is 0. The van der Waals surface area contributed by atoms with E-state index < -0.39 is 0 Å². The van der Waals surface area contributed by atoms with Crippen molar-refractivity contribution in [1.82, 2.24) is 0 Å². The minimum atomic E-state index is -0.0849. The molecular formula is C27H32O4. The summed E-state index contributed by atoms with van der Waals surface area (Å²) in [6, 6.07) is 13.4. The normalized spacial score (nSPS) is 28.5. The van der Waals surface area contributed by atoms with Crippen LogP contribution in [0.3, 0.4) is 0 Å². The maximum atomic E-state index is 5.72. The van der Waals surface area contributed by atoms with Gasteiger partial charge in [0.1, 0.15) is 0 Å². The van der Waals surface area contributed by atoms with Crippen LogP contribution in [-0.2, 0) is 50.0 Å². The van der Waals surface area contributed by atoms with Crippen molar-refractivity contribution < 1.29 is 18.9 Å². The third-order valence-electron chi connectivity index (χ3n) is 7.28. The molecule has 6 rings (SSSR count). The van der Waals surface area contributed by atoms with Crippen molar-refractivity contribution in [1.29, 1.82) is 0 Å². The maximum Gasteiger partial charge on any atom is 0.0850 e. The molecule has 0 N–H and O–H groups in total. The molecule has 4 unspecified atom stereocenters. The van der Waals surface area contributed by atoms with Crippen molar-refractivity contribution in [3.8, 4) is 0 Å². The zero-order valence-electron chi connectivity index (χ0n) is 18.6. The highest BCUT2D eigenvalue weighted by molar-refractivity contribution is 5.53. The Bertz CT molecular complexity index is 951. The van der Waals surface area contributed by atoms with Crippen LogP contribution < -0.4 is 0 Å². The zero-order valence-corrected chi connectivity index (χ0v) is 18.6. The third kappa shape index (κ3) is 4.45. The van der Waals surface area contributed by atoms with E-state index in [1.807, 2.05) is 0 Å². The molecule has 4 atom stereocenters. The van der Waals surface area contributed by atoms with Crippen molar-refractivity contribution in [3.63, 3.8) is 0 Å². The van der Waals surface area contributed by atoms with Gasteiger partial charge in [-0.15, -0.1) is 0 Å². The van der Waals surface area contributed by atoms with Crippen LogP contribution >= 0.6 is 0 Å². The van der Waals surface area contributed by atoms with Gasteiger partial charge in [0.25, 0.3) is 0 Å². The molecule has 4 nitrogen and oxygen atoms in total. The van der Waals surface area contributed by atoms with E-state index in [0.29, 0.717) is 24.4 Å². The SMILES string of the molecule is CC(C)(c1ccccc1)c1cc(CC2CO2)c(CC2CO2)c(CC2CO2)c1CC1CO1. The molecule has 0 spiro atoms. The monoisotopic (exact) mass is 420 g/mol. The summed E-state index contributed by atoms with van der Waals surface area (Å²) in [5.74, 6) is 0. The topological polar surface area (TPSA) is 50.1 Å². The van der Waals surface area contributed by atoms with Crippen LogP contribution in [0.2, 0.25) is 0 Å². The number of epoxide rings is 4. The van der Waals surface area contributed by atoms with Gasteiger partial charge < -0.3 is 18.9 Å². The molecule has 4 heterocycles. The van der Waals surface area contributed by atoms with Crippen molar-refractivity contribution in [2.24, 2.45) is 0 Å². The average Bonchev–Trinajstić information content (AvgIpc) is 3.60. The van der Waals surface area contributed by atoms with Gasteiger partial charge in [-0.1, -0.05) is 50.2 Å². The summed E-state index contributed by atoms with van der Waals surface area (Å²) < 4.78 is 22.8. The van der Waals surface area contributed by atoms with Crippen molar-refractivity contribution in [2.75, 3.05) is 26.4 Å². The van der Waals surface area contributed by atoms with E-state index in [1.165, 1.54) is 33.4 Å². The quantitative estimate of drug-likeness (QED) is 0.549. The molecule has 0 aliphatic carbocycles. The lowest BCUT2D eigenvalue weighted by atomic mass is 9.71. The summed E-state index contributed by atoms with van der Waals surface area (Å²) >= 11 is 0. The molecule has 0 amide bonds. The van der Waals surface area contributed by atoms with Gasteiger partial charge in [-0.2, -0.15) is 0 Å². The number of ether oxygens (including phenoxy) is 4. The van der Waals surface area contributed by atoms with Crippen LogP contribution in [0, 0.1) is 0 Å². The molecule has 0 saturated carbocycles. The van der Waals surface area contributed by atoms with Gasteiger partial charge in [-0.3, -0.25) is 0 Å². The first-order chi connectivity index (χ1) is 15.1. The van der Waals surface area contributed by atoms with Gasteiger partial charge >= 0.3 is 0 Å². The summed E-state index contributed by atoms with van der Waals surface area (Å²) in [5.41, 5.74) is 8.66. The smallest absolute Gasteiger partial charge is 0.0850 e. The molecule has 4 heteroatoms. The highest BCUT2D eigenvalue weighted by Crippen LogP contribution is 2.41. The van der Waals surface area contributed by atoms with Crippen molar-refractivity contribution in [2.45, 2.75) is 69.4 Å². The fraction of sp³-hybridized carbons (Fsp3) is 0.556. The minimum Gasteiger partial charge on any atom is -0.373 e. The lowest BCUT2D eigenvalue weighted by molar-refractivity contribution is 0.394. The van der Waals surface area contributed by atoms with E-state index in [0.717, 1.165) is 52.1 Å². The second kappa shape index (κ2) is 7.70. The zero-order chi connectivity index (χ0) is 21.0. The minimum absolute atomic E-state index is 0.0849. The molecule has 0 aromatic heterocycles. The van der Waals surface area contributed by atoms with Crippen LogP contribution in [0.1, 0.15) is 47.2 Å². The van der Waals surface area contributed by atoms with Crippen molar-refractivity contribution in [3.05, 3.63) is 69.8 Å². The molecule has 4 aliphatic heterocycles. The Morgan fingerprint density at radius 2 is 1.16 bits per heavy atom. The van der Waals surface area contributed by atoms with E-state index in [2.05, 4.69) is 50.2 Å². The van der Waals surface area contributed by atoms with Crippen LogP contribution in [0.15, 0.2) is 36.4 Å². The lowest BCUT2D eigenvalue weighted by Gasteiger charge is -2.32. The largest absolute Gasteiger partial charge is 0.373 e. The first-order valence-corrected chi connectivity index (χ1v) is 11.8. The van der Waals surface area contributed by atoms with Gasteiger partial charge in [-0.25, -0.2) is 0 Å². The molecule has 4 aliphatic rings. The maximum absolute atomic E-state index is 5.72. The lowest BCUT2D eigenvalue weighted by Crippen LogP contribution is -2.25. The third-order valence-corrected chi connectivity index (χ3v) is 7.28. The van der Waals surface area contributed by atoms with Gasteiger partial charge in [0.2, 0.25) is 0 Å². The second-order valence-corrected chi connectivity index (χ2v) is 10.1. The molecule has 164 valence electrons. The van der Waals surface area contributed by atoms with Crippen LogP contribution in [0.25, 0.3) is 0 Å². The molecule has 0 radical (unpaired) electrons. The van der Waals surface area contributed by atoms with Gasteiger partial charge in [-0.05, 0) is 33.4 Å². The van der Waals surface area contributed by atoms with E-state index >= 15 is 0 Å². The van der Waals surface area contributed by atoms with Crippen LogP contribution in [-0.4, -0.2) is 50.8 Å². The van der Waals surface area contributed by atoms with E-state index in [4.69, 9.17) is 18.9 Å². The molecule has 0 bridgehead atoms. The second-order valence-electron chi connectivity index (χ2n) is 10.1. The molecular weight excluding hydrogens is 388 g/mol. The summed E-state index contributed by atoms with van der Waals surface area (Å²) in [5, 5.41) is 0. The highest BCUT2D eigenvalue weighted by atomic mass is 16.6. The van der Waals surface area contributed by atoms with Gasteiger partial charge in [0.05, 0.1) is 50.8 Å². The Labute approximate surface area is 184 Å². The molecule has 4 fully saturated rings. The Kier molecular flexibility index (Phi) is 4.95. The van der Waals surface area contributed by atoms with Crippen molar-refractivity contribution >= 4 is 0 Å². The highest BCUT2D eigenvalue weighted by Gasteiger charge is 2.37. The summed E-state index contributed by atoms with van der Waals surface area (Å²) in [4.78, 5) is 0. The predicted molar refractivity (Wildman–Crippen MR) is 119 cm³/mol. The summed E-state index contributed by atoms with van der Waals surface area (Å²) in [6.45, 7) is 8.27. The Hall–Kier alpha value is -1.72. The number of rotatable bonds is 10. The van der Waals surface area contributed by atoms with E-state index in [-0.39, 0.29) is 5.41 Å². The number of hydrogen-bond donors (Lipinski definition) is 0. The fourth-order valence-electron chi connectivity index (χ4n) is 5.04. The Balaban J connectivity index is 1.52. The van der Waals surface area contributed by atoms with Gasteiger partial charge in [0, 0.05) is 31.1 Å². The van der Waals surface area contributed by atoms with E-state index in [9.17, 15) is 0 Å². The number of benzene rings is 2. The van der Waals surface area contributed by atoms with Gasteiger partial charge in [0.15, 0.2) is 0 Å². The molecule has 4 saturated heterocycles. The average molecular weight is 421 g/mol. The Morgan fingerprint density at radius 1 is 0.677 bits per heavy atom. The predicted octanol–water partition coefficient (Wildman–Crippen LogP) is 3.78. The summed E-state index contributed by atoms with van der Waals surface area (Å²) in [6.07, 6.45) is 5.45. The fourth-order valence-corrected chi connectivity index (χ4v) is 5.04. The standard InChI is InChI=1S/C27H32O4/c1-27(2,18-6-4-3-5-7-18)26-9-17(8-19-13-28-19)23(10-20-14-29-20)24(11-21-15-30-21)25(26)12-22-16-31-22/h3-7,9,19-22H,8,10-16H2,1-2H3. The first kappa shape index (κ1) is 19.9. The first-order valence-electron chi connectivity index (χ1n) is 11.8. The molecule has 31 heavy (non-hydrogen) atoms. The van der Waals surface area contributed by atoms with Crippen LogP contribution in [0.4, 0.5) is 0 Å². The van der Waals surface area contributed by atoms with E-state index in [1.54, 1.807) is 0 Å². The molecule has 2 aromatic rings.